The Morgan fingerprint density at radius 1 is 1.55 bits per heavy atom. The molecule has 0 aromatic carbocycles. The number of hydrogen-bond acceptors (Lipinski definition) is 5. The minimum atomic E-state index is -3.88. The van der Waals surface area contributed by atoms with Crippen LogP contribution in [0, 0.1) is 6.92 Å². The van der Waals surface area contributed by atoms with Crippen LogP contribution >= 0.6 is 0 Å². The fourth-order valence-electron chi connectivity index (χ4n) is 2.32. The maximum absolute atomic E-state index is 12.3. The Morgan fingerprint density at radius 3 is 2.80 bits per heavy atom. The average Bonchev–Trinajstić information content (AvgIpc) is 2.80. The number of primary sulfonamides is 1. The first-order chi connectivity index (χ1) is 9.32. The van der Waals surface area contributed by atoms with E-state index < -0.39 is 10.0 Å². The van der Waals surface area contributed by atoms with Crippen LogP contribution in [0.25, 0.3) is 0 Å². The summed E-state index contributed by atoms with van der Waals surface area (Å²) < 4.78 is 33.2. The molecule has 2 heterocycles. The molecule has 2 rings (SSSR count). The molecule has 0 saturated carbocycles. The van der Waals surface area contributed by atoms with Crippen LogP contribution in [0.4, 0.5) is 0 Å². The zero-order valence-corrected chi connectivity index (χ0v) is 12.3. The van der Waals surface area contributed by atoms with E-state index in [9.17, 15) is 13.2 Å². The highest BCUT2D eigenvalue weighted by Gasteiger charge is 2.28. The Kier molecular flexibility index (Phi) is 4.17. The molecule has 0 spiro atoms. The molecule has 2 N–H and O–H groups in total. The van der Waals surface area contributed by atoms with Crippen molar-refractivity contribution in [1.29, 1.82) is 0 Å². The molecule has 0 bridgehead atoms. The average molecular weight is 302 g/mol. The molecule has 1 atom stereocenters. The summed E-state index contributed by atoms with van der Waals surface area (Å²) in [4.78, 5) is 13.7. The second-order valence-corrected chi connectivity index (χ2v) is 6.36. The topological polar surface area (TPSA) is 103 Å². The molecular weight excluding hydrogens is 284 g/mol. The second-order valence-electron chi connectivity index (χ2n) is 4.83. The summed E-state index contributed by atoms with van der Waals surface area (Å²) in [5.74, 6) is -0.232. The Bertz CT molecular complexity index is 607. The molecule has 7 nitrogen and oxygen atoms in total. The minimum absolute atomic E-state index is 0.00136. The minimum Gasteiger partial charge on any atom is -0.455 e. The summed E-state index contributed by atoms with van der Waals surface area (Å²) in [6.45, 7) is 2.54. The molecule has 1 aromatic rings. The molecule has 1 fully saturated rings. The summed E-state index contributed by atoms with van der Waals surface area (Å²) in [6.07, 6.45) is 1.74. The van der Waals surface area contributed by atoms with Gasteiger partial charge in [-0.15, -0.1) is 0 Å². The fraction of sp³-hybridized carbons (Fsp3) is 0.583. The van der Waals surface area contributed by atoms with E-state index in [0.29, 0.717) is 13.1 Å². The third-order valence-electron chi connectivity index (χ3n) is 3.39. The number of rotatable bonds is 3. The van der Waals surface area contributed by atoms with Gasteiger partial charge in [-0.3, -0.25) is 4.79 Å². The normalized spacial score (nSPS) is 20.1. The van der Waals surface area contributed by atoms with Crippen molar-refractivity contribution in [1.82, 2.24) is 4.90 Å². The highest BCUT2D eigenvalue weighted by Crippen LogP contribution is 2.22. The van der Waals surface area contributed by atoms with Gasteiger partial charge in [0.2, 0.25) is 10.0 Å². The van der Waals surface area contributed by atoms with Crippen LogP contribution in [0.15, 0.2) is 15.4 Å². The molecule has 1 unspecified atom stereocenters. The van der Waals surface area contributed by atoms with Crippen LogP contribution in [0.2, 0.25) is 0 Å². The Morgan fingerprint density at radius 2 is 2.25 bits per heavy atom. The number of hydrogen-bond donors (Lipinski definition) is 1. The number of furan rings is 1. The SMILES string of the molecule is COC1CCCN(C(=O)c2cc(S(N)(=O)=O)c(C)o2)C1. The van der Waals surface area contributed by atoms with Crippen molar-refractivity contribution in [3.63, 3.8) is 0 Å². The van der Waals surface area contributed by atoms with Crippen molar-refractivity contribution in [3.05, 3.63) is 17.6 Å². The van der Waals surface area contributed by atoms with Crippen molar-refractivity contribution in [2.75, 3.05) is 20.2 Å². The number of amides is 1. The van der Waals surface area contributed by atoms with Crippen LogP contribution < -0.4 is 5.14 Å². The third-order valence-corrected chi connectivity index (χ3v) is 4.41. The fourth-order valence-corrected chi connectivity index (χ4v) is 3.04. The summed E-state index contributed by atoms with van der Waals surface area (Å²) in [5.41, 5.74) is 0. The molecule has 1 aromatic heterocycles. The van der Waals surface area contributed by atoms with Crippen molar-refractivity contribution in [2.45, 2.75) is 30.8 Å². The standard InChI is InChI=1S/C12H18N2O5S/c1-8-11(20(13,16)17)6-10(19-8)12(15)14-5-3-4-9(7-14)18-2/h6,9H,3-5,7H2,1-2H3,(H2,13,16,17). The Labute approximate surface area is 117 Å². The van der Waals surface area contributed by atoms with Crippen molar-refractivity contribution in [3.8, 4) is 0 Å². The molecular formula is C12H18N2O5S. The maximum Gasteiger partial charge on any atom is 0.289 e. The first-order valence-electron chi connectivity index (χ1n) is 6.28. The van der Waals surface area contributed by atoms with Gasteiger partial charge in [-0.05, 0) is 19.8 Å². The van der Waals surface area contributed by atoms with E-state index in [-0.39, 0.29) is 28.4 Å². The number of likely N-dealkylation sites (tertiary alicyclic amines) is 1. The molecule has 20 heavy (non-hydrogen) atoms. The van der Waals surface area contributed by atoms with Gasteiger partial charge in [0, 0.05) is 26.3 Å². The van der Waals surface area contributed by atoms with E-state index >= 15 is 0 Å². The molecule has 1 aliphatic rings. The number of carbonyl (C=O) groups excluding carboxylic acids is 1. The monoisotopic (exact) mass is 302 g/mol. The first-order valence-corrected chi connectivity index (χ1v) is 7.83. The predicted molar refractivity (Wildman–Crippen MR) is 70.8 cm³/mol. The van der Waals surface area contributed by atoms with Gasteiger partial charge in [0.15, 0.2) is 5.76 Å². The van der Waals surface area contributed by atoms with E-state index in [1.54, 1.807) is 12.0 Å². The highest BCUT2D eigenvalue weighted by molar-refractivity contribution is 7.89. The number of nitrogens with two attached hydrogens (primary N) is 1. The molecule has 1 aliphatic heterocycles. The lowest BCUT2D eigenvalue weighted by molar-refractivity contribution is 0.0252. The second kappa shape index (κ2) is 5.55. The van der Waals surface area contributed by atoms with E-state index in [2.05, 4.69) is 0 Å². The summed E-state index contributed by atoms with van der Waals surface area (Å²) in [6, 6.07) is 1.18. The van der Waals surface area contributed by atoms with E-state index in [1.165, 1.54) is 13.0 Å². The predicted octanol–water partition coefficient (Wildman–Crippen LogP) is 0.486. The van der Waals surface area contributed by atoms with Gasteiger partial charge in [0.05, 0.1) is 6.10 Å². The zero-order valence-electron chi connectivity index (χ0n) is 11.5. The van der Waals surface area contributed by atoms with Crippen LogP contribution in [-0.4, -0.2) is 45.5 Å². The molecule has 0 radical (unpaired) electrons. The van der Waals surface area contributed by atoms with Gasteiger partial charge in [-0.25, -0.2) is 13.6 Å². The number of sulfonamides is 1. The lowest BCUT2D eigenvalue weighted by Gasteiger charge is -2.31. The van der Waals surface area contributed by atoms with Crippen LogP contribution in [0.5, 0.6) is 0 Å². The van der Waals surface area contributed by atoms with E-state index in [1.807, 2.05) is 0 Å². The molecule has 112 valence electrons. The lowest BCUT2D eigenvalue weighted by atomic mass is 10.1. The largest absolute Gasteiger partial charge is 0.455 e. The van der Waals surface area contributed by atoms with Crippen molar-refractivity contribution >= 4 is 15.9 Å². The van der Waals surface area contributed by atoms with Gasteiger partial charge in [-0.2, -0.15) is 0 Å². The third kappa shape index (κ3) is 3.02. The first kappa shape index (κ1) is 15.0. The zero-order chi connectivity index (χ0) is 14.9. The molecule has 8 heteroatoms. The number of piperidine rings is 1. The van der Waals surface area contributed by atoms with Crippen LogP contribution in [0.1, 0.15) is 29.2 Å². The van der Waals surface area contributed by atoms with Crippen LogP contribution in [0.3, 0.4) is 0 Å². The number of methoxy groups -OCH3 is 1. The van der Waals surface area contributed by atoms with Gasteiger partial charge in [0.1, 0.15) is 10.7 Å². The van der Waals surface area contributed by atoms with Crippen LogP contribution in [-0.2, 0) is 14.8 Å². The highest BCUT2D eigenvalue weighted by atomic mass is 32.2. The lowest BCUT2D eigenvalue weighted by Crippen LogP contribution is -2.42. The van der Waals surface area contributed by atoms with Crippen molar-refractivity contribution < 1.29 is 22.4 Å². The maximum atomic E-state index is 12.3. The van der Waals surface area contributed by atoms with Crippen molar-refractivity contribution in [2.24, 2.45) is 5.14 Å². The Hall–Kier alpha value is -1.38. The molecule has 1 amide bonds. The summed E-state index contributed by atoms with van der Waals surface area (Å²) in [7, 11) is -2.28. The number of ether oxygens (including phenoxy) is 1. The smallest absolute Gasteiger partial charge is 0.289 e. The summed E-state index contributed by atoms with van der Waals surface area (Å²) in [5, 5.41) is 5.06. The molecule has 0 aliphatic carbocycles. The van der Waals surface area contributed by atoms with E-state index in [4.69, 9.17) is 14.3 Å². The van der Waals surface area contributed by atoms with E-state index in [0.717, 1.165) is 12.8 Å². The number of nitrogens with zero attached hydrogens (tertiary/aromatic N) is 1. The van der Waals surface area contributed by atoms with Gasteiger partial charge < -0.3 is 14.1 Å². The number of aryl methyl sites for hydroxylation is 1. The summed E-state index contributed by atoms with van der Waals surface area (Å²) >= 11 is 0. The quantitative estimate of drug-likeness (QED) is 0.875. The van der Waals surface area contributed by atoms with Gasteiger partial charge in [-0.1, -0.05) is 0 Å². The van der Waals surface area contributed by atoms with Gasteiger partial charge in [0.25, 0.3) is 5.91 Å². The van der Waals surface area contributed by atoms with Gasteiger partial charge >= 0.3 is 0 Å². The Balaban J connectivity index is 2.22. The number of carbonyl (C=O) groups is 1. The molecule has 1 saturated heterocycles.